The number of hydrogen-bond donors (Lipinski definition) is 1. The molecule has 2 rings (SSSR count). The molecule has 0 saturated heterocycles. The largest absolute Gasteiger partial charge is 0.386 e. The van der Waals surface area contributed by atoms with Crippen LogP contribution in [-0.2, 0) is 6.42 Å². The predicted molar refractivity (Wildman–Crippen MR) is 69.7 cm³/mol. The highest BCUT2D eigenvalue weighted by Crippen LogP contribution is 2.27. The van der Waals surface area contributed by atoms with Crippen molar-refractivity contribution >= 4 is 27.3 Å². The zero-order valence-electron chi connectivity index (χ0n) is 8.85. The van der Waals surface area contributed by atoms with E-state index in [9.17, 15) is 5.11 Å². The summed E-state index contributed by atoms with van der Waals surface area (Å²) in [6, 6.07) is 7.87. The van der Waals surface area contributed by atoms with E-state index in [0.717, 1.165) is 19.9 Å². The number of halogens is 1. The molecule has 2 nitrogen and oxygen atoms in total. The number of nitrogens with zero attached hydrogens (tertiary/aromatic N) is 1. The Hall–Kier alpha value is -0.710. The summed E-state index contributed by atoms with van der Waals surface area (Å²) in [5.41, 5.74) is 1.80. The molecule has 1 N–H and O–H groups in total. The summed E-state index contributed by atoms with van der Waals surface area (Å²) in [7, 11) is 0. The van der Waals surface area contributed by atoms with Crippen molar-refractivity contribution in [3.05, 3.63) is 50.4 Å². The number of aryl methyl sites for hydroxylation is 1. The molecule has 0 radical (unpaired) electrons. The van der Waals surface area contributed by atoms with E-state index in [2.05, 4.69) is 20.9 Å². The van der Waals surface area contributed by atoms with E-state index in [0.29, 0.717) is 6.42 Å². The molecule has 1 unspecified atom stereocenters. The maximum atomic E-state index is 10.1. The smallest absolute Gasteiger partial charge is 0.101 e. The van der Waals surface area contributed by atoms with Gasteiger partial charge >= 0.3 is 0 Å². The maximum Gasteiger partial charge on any atom is 0.101 e. The molecule has 2 heterocycles. The van der Waals surface area contributed by atoms with Gasteiger partial charge in [-0.15, -0.1) is 11.3 Å². The van der Waals surface area contributed by atoms with Crippen molar-refractivity contribution < 1.29 is 5.11 Å². The molecule has 0 fully saturated rings. The van der Waals surface area contributed by atoms with E-state index in [1.165, 1.54) is 0 Å². The van der Waals surface area contributed by atoms with Crippen LogP contribution in [0.2, 0.25) is 0 Å². The van der Waals surface area contributed by atoms with Crippen LogP contribution in [-0.4, -0.2) is 10.1 Å². The molecule has 0 aliphatic heterocycles. The van der Waals surface area contributed by atoms with E-state index in [4.69, 9.17) is 0 Å². The van der Waals surface area contributed by atoms with Crippen molar-refractivity contribution in [3.63, 3.8) is 0 Å². The number of aliphatic hydroxyl groups excluding tert-OH is 1. The molecular weight excluding hydrogens is 286 g/mol. The third-order valence-corrected chi connectivity index (χ3v) is 4.03. The molecule has 2 aromatic rings. The molecule has 84 valence electrons. The number of aliphatic hydroxyl groups is 1. The molecule has 0 amide bonds. The van der Waals surface area contributed by atoms with E-state index in [1.807, 2.05) is 31.2 Å². The first-order valence-corrected chi connectivity index (χ1v) is 6.61. The summed E-state index contributed by atoms with van der Waals surface area (Å²) in [5.74, 6) is 0. The lowest BCUT2D eigenvalue weighted by Gasteiger charge is -2.10. The van der Waals surface area contributed by atoms with Crippen LogP contribution in [0.3, 0.4) is 0 Å². The van der Waals surface area contributed by atoms with Crippen LogP contribution in [0.25, 0.3) is 0 Å². The lowest BCUT2D eigenvalue weighted by molar-refractivity contribution is 0.174. The van der Waals surface area contributed by atoms with Gasteiger partial charge in [-0.3, -0.25) is 4.98 Å². The minimum absolute atomic E-state index is 0.522. The lowest BCUT2D eigenvalue weighted by atomic mass is 10.1. The summed E-state index contributed by atoms with van der Waals surface area (Å²) in [4.78, 5) is 5.38. The van der Waals surface area contributed by atoms with E-state index >= 15 is 0 Å². The average molecular weight is 298 g/mol. The molecule has 0 aromatic carbocycles. The fourth-order valence-electron chi connectivity index (χ4n) is 1.60. The average Bonchev–Trinajstić information content (AvgIpc) is 2.64. The Morgan fingerprint density at radius 1 is 1.44 bits per heavy atom. The van der Waals surface area contributed by atoms with Gasteiger partial charge in [0.05, 0.1) is 9.48 Å². The molecule has 0 saturated carbocycles. The summed E-state index contributed by atoms with van der Waals surface area (Å²) in [5, 5.41) is 10.1. The quantitative estimate of drug-likeness (QED) is 0.941. The molecule has 0 aliphatic rings. The van der Waals surface area contributed by atoms with Crippen molar-refractivity contribution in [1.29, 1.82) is 0 Å². The Labute approximate surface area is 107 Å². The number of thiophene rings is 1. The Balaban J connectivity index is 2.14. The van der Waals surface area contributed by atoms with Gasteiger partial charge in [-0.25, -0.2) is 0 Å². The lowest BCUT2D eigenvalue weighted by Crippen LogP contribution is -2.05. The third-order valence-electron chi connectivity index (χ3n) is 2.39. The highest BCUT2D eigenvalue weighted by Gasteiger charge is 2.13. The minimum Gasteiger partial charge on any atom is -0.386 e. The topological polar surface area (TPSA) is 33.1 Å². The number of pyridine rings is 1. The van der Waals surface area contributed by atoms with Gasteiger partial charge in [0, 0.05) is 17.5 Å². The Morgan fingerprint density at radius 2 is 2.25 bits per heavy atom. The predicted octanol–water partition coefficient (Wildman–Crippen LogP) is 3.49. The zero-order valence-corrected chi connectivity index (χ0v) is 11.3. The first-order valence-electron chi connectivity index (χ1n) is 5.00. The number of hydrogen-bond acceptors (Lipinski definition) is 3. The number of rotatable bonds is 3. The van der Waals surface area contributed by atoms with Gasteiger partial charge in [-0.2, -0.15) is 0 Å². The van der Waals surface area contributed by atoms with Gasteiger partial charge < -0.3 is 5.11 Å². The van der Waals surface area contributed by atoms with Crippen LogP contribution in [0.4, 0.5) is 0 Å². The highest BCUT2D eigenvalue weighted by molar-refractivity contribution is 9.11. The summed E-state index contributed by atoms with van der Waals surface area (Å²) >= 11 is 5.06. The molecule has 0 bridgehead atoms. The Kier molecular flexibility index (Phi) is 3.74. The third kappa shape index (κ3) is 2.70. The van der Waals surface area contributed by atoms with Crippen molar-refractivity contribution in [2.45, 2.75) is 19.4 Å². The first-order chi connectivity index (χ1) is 7.66. The zero-order chi connectivity index (χ0) is 11.5. The van der Waals surface area contributed by atoms with E-state index in [1.54, 1.807) is 17.5 Å². The SMILES string of the molecule is Cc1cccnc1C(O)Cc1ccc(Br)s1. The van der Waals surface area contributed by atoms with Gasteiger partial charge in [0.1, 0.15) is 6.10 Å². The van der Waals surface area contributed by atoms with E-state index < -0.39 is 6.10 Å². The van der Waals surface area contributed by atoms with Crippen LogP contribution in [0.1, 0.15) is 22.2 Å². The molecule has 2 aromatic heterocycles. The second-order valence-corrected chi connectivity index (χ2v) is 6.18. The monoisotopic (exact) mass is 297 g/mol. The van der Waals surface area contributed by atoms with Crippen molar-refractivity contribution in [3.8, 4) is 0 Å². The van der Waals surface area contributed by atoms with Crippen LogP contribution in [0, 0.1) is 6.92 Å². The fourth-order valence-corrected chi connectivity index (χ4v) is 3.12. The van der Waals surface area contributed by atoms with Crippen LogP contribution in [0.5, 0.6) is 0 Å². The second-order valence-electron chi connectivity index (χ2n) is 3.63. The molecule has 0 spiro atoms. The van der Waals surface area contributed by atoms with Crippen molar-refractivity contribution in [1.82, 2.24) is 4.98 Å². The fraction of sp³-hybridized carbons (Fsp3) is 0.250. The first kappa shape index (κ1) is 11.8. The van der Waals surface area contributed by atoms with Gasteiger partial charge in [-0.05, 0) is 46.6 Å². The molecule has 16 heavy (non-hydrogen) atoms. The van der Waals surface area contributed by atoms with Crippen LogP contribution >= 0.6 is 27.3 Å². The highest BCUT2D eigenvalue weighted by atomic mass is 79.9. The minimum atomic E-state index is -0.522. The standard InChI is InChI=1S/C12H12BrNOS/c1-8-3-2-6-14-12(8)10(15)7-9-4-5-11(13)16-9/h2-6,10,15H,7H2,1H3. The maximum absolute atomic E-state index is 10.1. The molecule has 0 aliphatic carbocycles. The Morgan fingerprint density at radius 3 is 2.88 bits per heavy atom. The van der Waals surface area contributed by atoms with Gasteiger partial charge in [0.2, 0.25) is 0 Å². The van der Waals surface area contributed by atoms with Crippen LogP contribution < -0.4 is 0 Å². The normalized spacial score (nSPS) is 12.7. The Bertz CT molecular complexity index is 483. The summed E-state index contributed by atoms with van der Waals surface area (Å²) < 4.78 is 1.09. The second kappa shape index (κ2) is 5.08. The summed E-state index contributed by atoms with van der Waals surface area (Å²) in [6.45, 7) is 1.97. The van der Waals surface area contributed by atoms with Gasteiger partial charge in [0.15, 0.2) is 0 Å². The molecule has 1 atom stereocenters. The van der Waals surface area contributed by atoms with E-state index in [-0.39, 0.29) is 0 Å². The number of aromatic nitrogens is 1. The molecule has 4 heteroatoms. The van der Waals surface area contributed by atoms with Gasteiger partial charge in [0.25, 0.3) is 0 Å². The van der Waals surface area contributed by atoms with Gasteiger partial charge in [-0.1, -0.05) is 6.07 Å². The van der Waals surface area contributed by atoms with Crippen molar-refractivity contribution in [2.24, 2.45) is 0 Å². The summed E-state index contributed by atoms with van der Waals surface area (Å²) in [6.07, 6.45) is 1.82. The van der Waals surface area contributed by atoms with Crippen molar-refractivity contribution in [2.75, 3.05) is 0 Å². The molecular formula is C12H12BrNOS. The van der Waals surface area contributed by atoms with Crippen LogP contribution in [0.15, 0.2) is 34.2 Å².